The molecule has 0 aromatic heterocycles. The van der Waals surface area contributed by atoms with Gasteiger partial charge in [0.2, 0.25) is 0 Å². The van der Waals surface area contributed by atoms with Crippen LogP contribution in [0.25, 0.3) is 0 Å². The summed E-state index contributed by atoms with van der Waals surface area (Å²) in [5, 5.41) is 0. The van der Waals surface area contributed by atoms with Gasteiger partial charge in [0.05, 0.1) is 6.61 Å². The van der Waals surface area contributed by atoms with E-state index in [4.69, 9.17) is 10.5 Å². The average Bonchev–Trinajstić information content (AvgIpc) is 2.71. The molecule has 3 rings (SSSR count). The molecule has 1 atom stereocenters. The molecule has 2 aromatic carbocycles. The first-order valence-electron chi connectivity index (χ1n) is 7.80. The summed E-state index contributed by atoms with van der Waals surface area (Å²) in [4.78, 5) is 12.2. The number of esters is 1. The molecule has 0 spiro atoms. The summed E-state index contributed by atoms with van der Waals surface area (Å²) in [5.41, 5.74) is 11.1. The molecule has 0 amide bonds. The van der Waals surface area contributed by atoms with E-state index in [1.54, 1.807) is 6.92 Å². The van der Waals surface area contributed by atoms with Crippen LogP contribution in [0.2, 0.25) is 0 Å². The first kappa shape index (κ1) is 14.8. The Bertz CT molecular complexity index is 633. The van der Waals surface area contributed by atoms with Gasteiger partial charge in [0.1, 0.15) is 6.04 Å². The number of hydrogen-bond donors (Lipinski definition) is 1. The van der Waals surface area contributed by atoms with E-state index >= 15 is 0 Å². The van der Waals surface area contributed by atoms with Crippen molar-refractivity contribution in [3.05, 3.63) is 70.8 Å². The van der Waals surface area contributed by atoms with Gasteiger partial charge in [0.25, 0.3) is 0 Å². The number of aryl methyl sites for hydroxylation is 2. The Morgan fingerprint density at radius 3 is 2.09 bits per heavy atom. The van der Waals surface area contributed by atoms with E-state index in [2.05, 4.69) is 24.3 Å². The van der Waals surface area contributed by atoms with E-state index in [-0.39, 0.29) is 11.9 Å². The first-order valence-corrected chi connectivity index (χ1v) is 7.80. The fourth-order valence-electron chi connectivity index (χ4n) is 3.33. The van der Waals surface area contributed by atoms with Crippen molar-refractivity contribution in [1.82, 2.24) is 0 Å². The normalized spacial score (nSPS) is 15.4. The van der Waals surface area contributed by atoms with Gasteiger partial charge in [-0.15, -0.1) is 0 Å². The molecule has 0 unspecified atom stereocenters. The van der Waals surface area contributed by atoms with Crippen LogP contribution in [0.4, 0.5) is 0 Å². The van der Waals surface area contributed by atoms with Gasteiger partial charge in [0.15, 0.2) is 0 Å². The van der Waals surface area contributed by atoms with Crippen LogP contribution >= 0.6 is 0 Å². The predicted octanol–water partition coefficient (Wildman–Crippen LogP) is 2.81. The van der Waals surface area contributed by atoms with E-state index in [9.17, 15) is 4.79 Å². The van der Waals surface area contributed by atoms with Crippen LogP contribution in [0.15, 0.2) is 48.5 Å². The van der Waals surface area contributed by atoms with Gasteiger partial charge >= 0.3 is 5.97 Å². The topological polar surface area (TPSA) is 52.3 Å². The summed E-state index contributed by atoms with van der Waals surface area (Å²) in [7, 11) is 0. The minimum absolute atomic E-state index is 0.144. The Labute approximate surface area is 131 Å². The molecule has 3 heteroatoms. The molecule has 0 saturated carbocycles. The molecule has 22 heavy (non-hydrogen) atoms. The standard InChI is InChI=1S/C19H21NO2/c1-2-22-19(21)18(20)17-15-9-5-3-7-13(15)11-12-14-8-4-6-10-16(14)17/h3-10,17-18H,2,11-12,20H2,1H3/t18-/m1/s1. The molecule has 1 aliphatic carbocycles. The number of carbonyl (C=O) groups is 1. The molecule has 0 bridgehead atoms. The van der Waals surface area contributed by atoms with Gasteiger partial charge in [-0.3, -0.25) is 4.79 Å². The van der Waals surface area contributed by atoms with Crippen molar-refractivity contribution >= 4 is 5.97 Å². The zero-order chi connectivity index (χ0) is 15.5. The lowest BCUT2D eigenvalue weighted by atomic mass is 9.83. The summed E-state index contributed by atoms with van der Waals surface area (Å²) < 4.78 is 5.16. The van der Waals surface area contributed by atoms with Crippen molar-refractivity contribution in [2.24, 2.45) is 5.73 Å². The summed E-state index contributed by atoms with van der Waals surface area (Å²) in [6, 6.07) is 15.9. The van der Waals surface area contributed by atoms with E-state index in [1.807, 2.05) is 24.3 Å². The number of benzene rings is 2. The number of ether oxygens (including phenoxy) is 1. The third kappa shape index (κ3) is 2.64. The molecule has 114 valence electrons. The molecule has 1 aliphatic rings. The van der Waals surface area contributed by atoms with Crippen LogP contribution in [0, 0.1) is 0 Å². The molecule has 2 aromatic rings. The van der Waals surface area contributed by atoms with E-state index in [0.717, 1.165) is 24.0 Å². The summed E-state index contributed by atoms with van der Waals surface area (Å²) in [5.74, 6) is -0.479. The van der Waals surface area contributed by atoms with E-state index in [1.165, 1.54) is 11.1 Å². The SMILES string of the molecule is CCOC(=O)[C@H](N)C1c2ccccc2CCc2ccccc21. The lowest BCUT2D eigenvalue weighted by Gasteiger charge is -2.25. The number of hydrogen-bond acceptors (Lipinski definition) is 3. The van der Waals surface area contributed by atoms with E-state index < -0.39 is 6.04 Å². The molecule has 0 fully saturated rings. The molecule has 3 nitrogen and oxygen atoms in total. The minimum Gasteiger partial charge on any atom is -0.465 e. The Hall–Kier alpha value is -2.13. The number of nitrogens with two attached hydrogens (primary N) is 1. The van der Waals surface area contributed by atoms with Gasteiger partial charge in [-0.25, -0.2) is 0 Å². The lowest BCUT2D eigenvalue weighted by Crippen LogP contribution is -2.39. The summed E-state index contributed by atoms with van der Waals surface area (Å²) in [6.07, 6.45) is 1.94. The van der Waals surface area contributed by atoms with Gasteiger partial charge < -0.3 is 10.5 Å². The second-order valence-corrected chi connectivity index (χ2v) is 5.65. The van der Waals surface area contributed by atoms with Crippen LogP contribution in [0.3, 0.4) is 0 Å². The fourth-order valence-corrected chi connectivity index (χ4v) is 3.33. The molecular formula is C19H21NO2. The quantitative estimate of drug-likeness (QED) is 0.886. The van der Waals surface area contributed by atoms with Gasteiger partial charge in [-0.2, -0.15) is 0 Å². The maximum atomic E-state index is 12.2. The van der Waals surface area contributed by atoms with Crippen molar-refractivity contribution in [2.45, 2.75) is 31.7 Å². The number of rotatable bonds is 3. The third-order valence-corrected chi connectivity index (χ3v) is 4.36. The Kier molecular flexibility index (Phi) is 4.25. The highest BCUT2D eigenvalue weighted by Crippen LogP contribution is 2.36. The lowest BCUT2D eigenvalue weighted by molar-refractivity contribution is -0.145. The molecular weight excluding hydrogens is 274 g/mol. The number of fused-ring (bicyclic) bond motifs is 2. The average molecular weight is 295 g/mol. The maximum absolute atomic E-state index is 12.2. The van der Waals surface area contributed by atoms with Gasteiger partial charge in [-0.1, -0.05) is 48.5 Å². The summed E-state index contributed by atoms with van der Waals surface area (Å²) in [6.45, 7) is 2.15. The molecule has 0 aliphatic heterocycles. The van der Waals surface area contributed by atoms with Crippen molar-refractivity contribution < 1.29 is 9.53 Å². The first-order chi connectivity index (χ1) is 10.7. The van der Waals surface area contributed by atoms with E-state index in [0.29, 0.717) is 6.61 Å². The van der Waals surface area contributed by atoms with Crippen LogP contribution in [0.5, 0.6) is 0 Å². The van der Waals surface area contributed by atoms with Crippen molar-refractivity contribution in [2.75, 3.05) is 6.61 Å². The second kappa shape index (κ2) is 6.32. The largest absolute Gasteiger partial charge is 0.465 e. The predicted molar refractivity (Wildman–Crippen MR) is 86.7 cm³/mol. The fraction of sp³-hybridized carbons (Fsp3) is 0.316. The highest BCUT2D eigenvalue weighted by molar-refractivity contribution is 5.78. The van der Waals surface area contributed by atoms with Crippen LogP contribution in [-0.4, -0.2) is 18.6 Å². The van der Waals surface area contributed by atoms with Crippen LogP contribution < -0.4 is 5.73 Å². The monoisotopic (exact) mass is 295 g/mol. The minimum atomic E-state index is -0.680. The third-order valence-electron chi connectivity index (χ3n) is 4.36. The van der Waals surface area contributed by atoms with Crippen molar-refractivity contribution in [3.8, 4) is 0 Å². The van der Waals surface area contributed by atoms with Crippen LogP contribution in [-0.2, 0) is 22.4 Å². The molecule has 0 saturated heterocycles. The van der Waals surface area contributed by atoms with Gasteiger partial charge in [0, 0.05) is 5.92 Å². The molecule has 0 radical (unpaired) electrons. The smallest absolute Gasteiger partial charge is 0.323 e. The molecule has 0 heterocycles. The zero-order valence-corrected chi connectivity index (χ0v) is 12.8. The Balaban J connectivity index is 2.12. The van der Waals surface area contributed by atoms with Crippen LogP contribution in [0.1, 0.15) is 35.1 Å². The second-order valence-electron chi connectivity index (χ2n) is 5.65. The maximum Gasteiger partial charge on any atom is 0.323 e. The number of carbonyl (C=O) groups excluding carboxylic acids is 1. The Morgan fingerprint density at radius 1 is 1.09 bits per heavy atom. The zero-order valence-electron chi connectivity index (χ0n) is 12.8. The van der Waals surface area contributed by atoms with Gasteiger partial charge in [-0.05, 0) is 42.0 Å². The summed E-state index contributed by atoms with van der Waals surface area (Å²) >= 11 is 0. The highest BCUT2D eigenvalue weighted by atomic mass is 16.5. The van der Waals surface area contributed by atoms with Crippen molar-refractivity contribution in [3.63, 3.8) is 0 Å². The Morgan fingerprint density at radius 2 is 1.59 bits per heavy atom. The van der Waals surface area contributed by atoms with Crippen molar-refractivity contribution in [1.29, 1.82) is 0 Å². The molecule has 2 N–H and O–H groups in total. The highest BCUT2D eigenvalue weighted by Gasteiger charge is 2.33.